The molecule has 3 aromatic rings. The number of fused-ring (bicyclic) bond motifs is 1. The molecular formula is C20H20FN3O3S2. The Balaban J connectivity index is 1.52. The third-order valence-electron chi connectivity index (χ3n) is 4.86. The second-order valence-electron chi connectivity index (χ2n) is 6.87. The summed E-state index contributed by atoms with van der Waals surface area (Å²) in [4.78, 5) is 16.5. The number of hydrogen-bond donors (Lipinski definition) is 1. The largest absolute Gasteiger partial charge is 0.346 e. The highest BCUT2D eigenvalue weighted by atomic mass is 32.2. The van der Waals surface area contributed by atoms with Crippen LogP contribution in [0.2, 0.25) is 0 Å². The van der Waals surface area contributed by atoms with Gasteiger partial charge >= 0.3 is 0 Å². The molecule has 2 heterocycles. The molecule has 0 saturated carbocycles. The number of piperidine rings is 1. The number of thiazole rings is 1. The third kappa shape index (κ3) is 4.17. The summed E-state index contributed by atoms with van der Waals surface area (Å²) in [5.41, 5.74) is 0.960. The average molecular weight is 434 g/mol. The van der Waals surface area contributed by atoms with Gasteiger partial charge in [-0.05, 0) is 43.2 Å². The molecule has 1 aliphatic heterocycles. The lowest BCUT2D eigenvalue weighted by Gasteiger charge is -2.26. The van der Waals surface area contributed by atoms with Crippen molar-refractivity contribution in [3.8, 4) is 0 Å². The van der Waals surface area contributed by atoms with Crippen LogP contribution in [0, 0.1) is 5.82 Å². The molecule has 1 aliphatic rings. The van der Waals surface area contributed by atoms with E-state index in [4.69, 9.17) is 0 Å². The summed E-state index contributed by atoms with van der Waals surface area (Å²) in [6.45, 7) is 0.954. The van der Waals surface area contributed by atoms with Gasteiger partial charge in [-0.3, -0.25) is 4.79 Å². The maximum atomic E-state index is 14.3. The highest BCUT2D eigenvalue weighted by Crippen LogP contribution is 2.24. The number of aromatic nitrogens is 1. The van der Waals surface area contributed by atoms with Crippen LogP contribution in [0.15, 0.2) is 47.4 Å². The third-order valence-corrected chi connectivity index (χ3v) is 7.81. The number of hydrogen-bond acceptors (Lipinski definition) is 5. The van der Waals surface area contributed by atoms with E-state index in [-0.39, 0.29) is 12.1 Å². The molecule has 1 aromatic heterocycles. The number of carbonyl (C=O) groups excluding carboxylic acids is 1. The van der Waals surface area contributed by atoms with Gasteiger partial charge in [0.1, 0.15) is 15.7 Å². The molecule has 9 heteroatoms. The summed E-state index contributed by atoms with van der Waals surface area (Å²) in [6, 6.07) is 11.1. The monoisotopic (exact) mass is 433 g/mol. The fourth-order valence-electron chi connectivity index (χ4n) is 3.34. The zero-order chi connectivity index (χ0) is 20.4. The maximum Gasteiger partial charge on any atom is 0.251 e. The van der Waals surface area contributed by atoms with Crippen LogP contribution in [0.4, 0.5) is 4.39 Å². The van der Waals surface area contributed by atoms with E-state index < -0.39 is 26.6 Å². The number of benzene rings is 2. The van der Waals surface area contributed by atoms with E-state index in [2.05, 4.69) is 10.3 Å². The number of carbonyl (C=O) groups is 1. The van der Waals surface area contributed by atoms with Gasteiger partial charge in [-0.15, -0.1) is 11.3 Å². The van der Waals surface area contributed by atoms with Gasteiger partial charge in [0.05, 0.1) is 16.8 Å². The second kappa shape index (κ2) is 8.17. The number of nitrogens with zero attached hydrogens (tertiary/aromatic N) is 2. The van der Waals surface area contributed by atoms with Crippen LogP contribution in [-0.4, -0.2) is 36.7 Å². The first-order valence-corrected chi connectivity index (χ1v) is 11.6. The molecule has 0 aliphatic carbocycles. The predicted octanol–water partition coefficient (Wildman–Crippen LogP) is 3.54. The highest BCUT2D eigenvalue weighted by molar-refractivity contribution is 7.89. The summed E-state index contributed by atoms with van der Waals surface area (Å²) in [6.07, 6.45) is 2.47. The average Bonchev–Trinajstić information content (AvgIpc) is 3.16. The maximum absolute atomic E-state index is 14.3. The van der Waals surface area contributed by atoms with Crippen molar-refractivity contribution in [1.82, 2.24) is 14.6 Å². The van der Waals surface area contributed by atoms with Crippen LogP contribution in [0.25, 0.3) is 10.2 Å². The van der Waals surface area contributed by atoms with E-state index in [1.54, 1.807) is 0 Å². The van der Waals surface area contributed by atoms with E-state index in [0.717, 1.165) is 46.6 Å². The number of nitrogens with one attached hydrogen (secondary N) is 1. The van der Waals surface area contributed by atoms with Crippen molar-refractivity contribution in [3.63, 3.8) is 0 Å². The minimum absolute atomic E-state index is 0.100. The Kier molecular flexibility index (Phi) is 5.62. The molecule has 0 spiro atoms. The number of amides is 1. The fourth-order valence-corrected chi connectivity index (χ4v) is 5.85. The summed E-state index contributed by atoms with van der Waals surface area (Å²) in [5.74, 6) is -1.32. The number of para-hydroxylation sites is 1. The number of sulfonamides is 1. The van der Waals surface area contributed by atoms with Gasteiger partial charge in [-0.1, -0.05) is 18.6 Å². The van der Waals surface area contributed by atoms with Crippen LogP contribution in [0.1, 0.15) is 34.6 Å². The SMILES string of the molecule is O=C(NCc1nc2ccccc2s1)c1ccc(F)c(S(=O)(=O)N2CCCCC2)c1. The number of rotatable bonds is 5. The van der Waals surface area contributed by atoms with Gasteiger partial charge in [-0.25, -0.2) is 17.8 Å². The standard InChI is InChI=1S/C20H20FN3O3S2/c21-15-9-8-14(12-18(15)29(26,27)24-10-4-1-5-11-24)20(25)22-13-19-23-16-6-2-3-7-17(16)28-19/h2-3,6-9,12H,1,4-5,10-11,13H2,(H,22,25). The lowest BCUT2D eigenvalue weighted by molar-refractivity contribution is 0.0950. The summed E-state index contributed by atoms with van der Waals surface area (Å²) >= 11 is 1.47. The van der Waals surface area contributed by atoms with Crippen molar-refractivity contribution < 1.29 is 17.6 Å². The van der Waals surface area contributed by atoms with Crippen LogP contribution in [0.3, 0.4) is 0 Å². The van der Waals surface area contributed by atoms with Crippen molar-refractivity contribution >= 4 is 37.5 Å². The minimum Gasteiger partial charge on any atom is -0.346 e. The van der Waals surface area contributed by atoms with Crippen LogP contribution >= 0.6 is 11.3 Å². The molecule has 152 valence electrons. The van der Waals surface area contributed by atoms with Gasteiger partial charge in [0, 0.05) is 18.7 Å². The first-order valence-electron chi connectivity index (χ1n) is 9.37. The lowest BCUT2D eigenvalue weighted by atomic mass is 10.2. The Bertz CT molecular complexity index is 1120. The zero-order valence-electron chi connectivity index (χ0n) is 15.6. The van der Waals surface area contributed by atoms with E-state index in [9.17, 15) is 17.6 Å². The Hall–Kier alpha value is -2.36. The van der Waals surface area contributed by atoms with Crippen molar-refractivity contribution in [2.24, 2.45) is 0 Å². The van der Waals surface area contributed by atoms with Gasteiger partial charge in [0.15, 0.2) is 0 Å². The zero-order valence-corrected chi connectivity index (χ0v) is 17.2. The van der Waals surface area contributed by atoms with Crippen LogP contribution in [-0.2, 0) is 16.6 Å². The molecule has 4 rings (SSSR count). The van der Waals surface area contributed by atoms with Gasteiger partial charge in [0.2, 0.25) is 10.0 Å². The van der Waals surface area contributed by atoms with Gasteiger partial charge in [-0.2, -0.15) is 4.31 Å². The minimum atomic E-state index is -3.97. The summed E-state index contributed by atoms with van der Waals surface area (Å²) in [5, 5.41) is 3.47. The van der Waals surface area contributed by atoms with Crippen molar-refractivity contribution in [3.05, 3.63) is 58.9 Å². The molecule has 0 radical (unpaired) electrons. The Morgan fingerprint density at radius 1 is 1.14 bits per heavy atom. The van der Waals surface area contributed by atoms with E-state index in [1.165, 1.54) is 21.7 Å². The van der Waals surface area contributed by atoms with Crippen LogP contribution < -0.4 is 5.32 Å². The number of halogens is 1. The second-order valence-corrected chi connectivity index (χ2v) is 9.89. The highest BCUT2D eigenvalue weighted by Gasteiger charge is 2.29. The van der Waals surface area contributed by atoms with E-state index >= 15 is 0 Å². The van der Waals surface area contributed by atoms with Crippen molar-refractivity contribution in [2.45, 2.75) is 30.7 Å². The molecule has 1 saturated heterocycles. The van der Waals surface area contributed by atoms with Crippen molar-refractivity contribution in [1.29, 1.82) is 0 Å². The summed E-state index contributed by atoms with van der Waals surface area (Å²) in [7, 11) is -3.97. The van der Waals surface area contributed by atoms with E-state index in [0.29, 0.717) is 13.1 Å². The molecule has 0 atom stereocenters. The molecule has 29 heavy (non-hydrogen) atoms. The first-order chi connectivity index (χ1) is 13.9. The summed E-state index contributed by atoms with van der Waals surface area (Å²) < 4.78 is 42.2. The van der Waals surface area contributed by atoms with E-state index in [1.807, 2.05) is 24.3 Å². The molecule has 6 nitrogen and oxygen atoms in total. The Labute approximate surface area is 172 Å². The van der Waals surface area contributed by atoms with Crippen molar-refractivity contribution in [2.75, 3.05) is 13.1 Å². The predicted molar refractivity (Wildman–Crippen MR) is 110 cm³/mol. The molecule has 2 aromatic carbocycles. The Morgan fingerprint density at radius 3 is 2.66 bits per heavy atom. The topological polar surface area (TPSA) is 79.4 Å². The molecule has 1 amide bonds. The van der Waals surface area contributed by atoms with Gasteiger partial charge in [0.25, 0.3) is 5.91 Å². The van der Waals surface area contributed by atoms with Crippen LogP contribution in [0.5, 0.6) is 0 Å². The molecule has 0 unspecified atom stereocenters. The lowest BCUT2D eigenvalue weighted by Crippen LogP contribution is -2.36. The first kappa shape index (κ1) is 19.9. The molecule has 0 bridgehead atoms. The fraction of sp³-hybridized carbons (Fsp3) is 0.300. The Morgan fingerprint density at radius 2 is 1.90 bits per heavy atom. The van der Waals surface area contributed by atoms with Gasteiger partial charge < -0.3 is 5.32 Å². The molecular weight excluding hydrogens is 413 g/mol. The molecule has 1 fully saturated rings. The quantitative estimate of drug-likeness (QED) is 0.668. The normalized spacial score (nSPS) is 15.5. The smallest absolute Gasteiger partial charge is 0.251 e. The molecule has 1 N–H and O–H groups in total.